The van der Waals surface area contributed by atoms with E-state index in [4.69, 9.17) is 17.0 Å². The van der Waals surface area contributed by atoms with Crippen LogP contribution in [0.25, 0.3) is 5.69 Å². The van der Waals surface area contributed by atoms with Crippen LogP contribution in [0.3, 0.4) is 0 Å². The number of anilines is 3. The molecule has 1 fully saturated rings. The fourth-order valence-electron chi connectivity index (χ4n) is 5.60. The molecule has 214 valence electrons. The Bertz CT molecular complexity index is 1550. The molecule has 4 aromatic rings. The Morgan fingerprint density at radius 2 is 1.61 bits per heavy atom. The lowest BCUT2D eigenvalue weighted by atomic mass is 9.71. The van der Waals surface area contributed by atoms with Crippen molar-refractivity contribution in [3.05, 3.63) is 88.7 Å². The molecule has 0 aliphatic heterocycles. The summed E-state index contributed by atoms with van der Waals surface area (Å²) in [6.07, 6.45) is 2.72. The zero-order valence-corrected chi connectivity index (χ0v) is 24.8. The van der Waals surface area contributed by atoms with Gasteiger partial charge < -0.3 is 19.9 Å². The van der Waals surface area contributed by atoms with Crippen LogP contribution in [0.5, 0.6) is 0 Å². The maximum absolute atomic E-state index is 12.9. The van der Waals surface area contributed by atoms with E-state index in [-0.39, 0.29) is 24.5 Å². The van der Waals surface area contributed by atoms with Crippen molar-refractivity contribution in [1.29, 1.82) is 0 Å². The summed E-state index contributed by atoms with van der Waals surface area (Å²) in [5.41, 5.74) is 6.42. The van der Waals surface area contributed by atoms with Crippen LogP contribution in [-0.4, -0.2) is 67.0 Å². The van der Waals surface area contributed by atoms with Gasteiger partial charge in [-0.05, 0) is 96.9 Å². The molecule has 1 heterocycles. The largest absolute Gasteiger partial charge is 0.378 e. The van der Waals surface area contributed by atoms with Crippen LogP contribution >= 0.6 is 12.2 Å². The molecule has 9 nitrogen and oxygen atoms in total. The van der Waals surface area contributed by atoms with Gasteiger partial charge in [0.2, 0.25) is 10.7 Å². The van der Waals surface area contributed by atoms with E-state index >= 15 is 0 Å². The van der Waals surface area contributed by atoms with Crippen molar-refractivity contribution in [2.24, 2.45) is 0 Å². The van der Waals surface area contributed by atoms with Crippen LogP contribution < -0.4 is 15.1 Å². The van der Waals surface area contributed by atoms with Gasteiger partial charge in [-0.15, -0.1) is 0 Å². The molecule has 1 amide bonds. The van der Waals surface area contributed by atoms with Crippen LogP contribution in [0.1, 0.15) is 42.2 Å². The summed E-state index contributed by atoms with van der Waals surface area (Å²) in [7, 11) is 8.29. The maximum atomic E-state index is 12.9. The van der Waals surface area contributed by atoms with Crippen LogP contribution in [0, 0.1) is 4.77 Å². The van der Waals surface area contributed by atoms with Crippen molar-refractivity contribution in [3.8, 4) is 5.69 Å². The molecule has 1 aromatic heterocycles. The van der Waals surface area contributed by atoms with Gasteiger partial charge in [-0.2, -0.15) is 5.21 Å². The highest BCUT2D eigenvalue weighted by atomic mass is 32.1. The van der Waals surface area contributed by atoms with Gasteiger partial charge in [0.15, 0.2) is 0 Å². The van der Waals surface area contributed by atoms with Crippen LogP contribution in [0.15, 0.2) is 72.8 Å². The molecule has 1 saturated carbocycles. The van der Waals surface area contributed by atoms with Gasteiger partial charge in [0.1, 0.15) is 6.61 Å². The molecule has 0 bridgehead atoms. The lowest BCUT2D eigenvalue weighted by molar-refractivity contribution is -0.123. The molecule has 1 aliphatic carbocycles. The monoisotopic (exact) mass is 571 g/mol. The third kappa shape index (κ3) is 6.83. The van der Waals surface area contributed by atoms with Crippen molar-refractivity contribution in [2.75, 3.05) is 49.9 Å². The lowest BCUT2D eigenvalue weighted by Gasteiger charge is -2.37. The molecule has 10 heteroatoms. The number of carbonyl (C=O) groups excluding carboxylic acids is 1. The van der Waals surface area contributed by atoms with Crippen LogP contribution in [0.2, 0.25) is 0 Å². The van der Waals surface area contributed by atoms with Gasteiger partial charge in [-0.25, -0.2) is 4.68 Å². The fourth-order valence-corrected chi connectivity index (χ4v) is 5.78. The van der Waals surface area contributed by atoms with Gasteiger partial charge in [-0.1, -0.05) is 40.6 Å². The number of nitrogens with one attached hydrogen (secondary N) is 2. The number of amides is 1. The smallest absolute Gasteiger partial charge is 0.250 e. The number of hydrogen-bond acceptors (Lipinski definition) is 7. The molecule has 1 aliphatic rings. The molecule has 3 aromatic carbocycles. The Balaban J connectivity index is 1.29. The lowest BCUT2D eigenvalue weighted by Crippen LogP contribution is -2.30. The first-order valence-electron chi connectivity index (χ1n) is 13.8. The predicted molar refractivity (Wildman–Crippen MR) is 166 cm³/mol. The Morgan fingerprint density at radius 1 is 0.951 bits per heavy atom. The summed E-state index contributed by atoms with van der Waals surface area (Å²) >= 11 is 5.18. The van der Waals surface area contributed by atoms with Crippen LogP contribution in [-0.2, 0) is 9.53 Å². The Hall–Kier alpha value is -4.02. The first kappa shape index (κ1) is 28.5. The van der Waals surface area contributed by atoms with E-state index in [1.165, 1.54) is 22.5 Å². The minimum atomic E-state index is -0.194. The minimum Gasteiger partial charge on any atom is -0.378 e. The molecule has 0 saturated heterocycles. The van der Waals surface area contributed by atoms with Gasteiger partial charge >= 0.3 is 0 Å². The van der Waals surface area contributed by atoms with Crippen LogP contribution in [0.4, 0.5) is 17.1 Å². The van der Waals surface area contributed by atoms with Crippen molar-refractivity contribution >= 4 is 35.2 Å². The molecule has 0 spiro atoms. The van der Waals surface area contributed by atoms with E-state index in [1.54, 1.807) is 4.68 Å². The van der Waals surface area contributed by atoms with Crippen molar-refractivity contribution in [2.45, 2.75) is 37.2 Å². The summed E-state index contributed by atoms with van der Waals surface area (Å²) < 4.78 is 8.12. The van der Waals surface area contributed by atoms with Gasteiger partial charge in [0.05, 0.1) is 11.8 Å². The Morgan fingerprint density at radius 3 is 2.24 bits per heavy atom. The average Bonchev–Trinajstić information content (AvgIpc) is 3.42. The SMILES string of the molecule is CN(C)c1cccc(C2CCC(OCC(=O)Nc3cccc(-n4[nH]nnc4=S)c3)CC2c2cccc(N(C)C)c2)c1. The molecular weight excluding hydrogens is 534 g/mol. The fraction of sp³-hybridized carbons (Fsp3) is 0.355. The molecular formula is C31H37N7O2S. The predicted octanol–water partition coefficient (Wildman–Crippen LogP) is 5.53. The molecule has 41 heavy (non-hydrogen) atoms. The Kier molecular flexibility index (Phi) is 8.80. The van der Waals surface area contributed by atoms with E-state index in [9.17, 15) is 4.79 Å². The van der Waals surface area contributed by atoms with E-state index < -0.39 is 0 Å². The summed E-state index contributed by atoms with van der Waals surface area (Å²) in [6, 6.07) is 25.0. The number of hydrogen-bond donors (Lipinski definition) is 2. The number of H-pyrrole nitrogens is 1. The normalized spacial score (nSPS) is 18.6. The second-order valence-corrected chi connectivity index (χ2v) is 11.3. The third-order valence-corrected chi connectivity index (χ3v) is 8.01. The zero-order valence-electron chi connectivity index (χ0n) is 23.9. The first-order valence-corrected chi connectivity index (χ1v) is 14.3. The molecule has 0 radical (unpaired) electrons. The summed E-state index contributed by atoms with van der Waals surface area (Å²) in [4.78, 5) is 17.2. The highest BCUT2D eigenvalue weighted by Gasteiger charge is 2.34. The van der Waals surface area contributed by atoms with Gasteiger partial charge in [-0.3, -0.25) is 4.79 Å². The van der Waals surface area contributed by atoms with Crippen molar-refractivity contribution in [3.63, 3.8) is 0 Å². The number of tetrazole rings is 1. The second kappa shape index (κ2) is 12.7. The minimum absolute atomic E-state index is 0.00875. The zero-order chi connectivity index (χ0) is 28.9. The van der Waals surface area contributed by atoms with E-state index in [0.717, 1.165) is 24.9 Å². The summed E-state index contributed by atoms with van der Waals surface area (Å²) in [5, 5.41) is 13.2. The third-order valence-electron chi connectivity index (χ3n) is 7.74. The number of nitrogens with zero attached hydrogens (tertiary/aromatic N) is 5. The van der Waals surface area contributed by atoms with E-state index in [1.807, 2.05) is 24.3 Å². The first-order chi connectivity index (χ1) is 19.8. The average molecular weight is 572 g/mol. The number of aromatic amines is 1. The number of rotatable bonds is 9. The number of carbonyl (C=O) groups is 1. The van der Waals surface area contributed by atoms with Gasteiger partial charge in [0, 0.05) is 45.3 Å². The second-order valence-electron chi connectivity index (χ2n) is 11.0. The van der Waals surface area contributed by atoms with E-state index in [2.05, 4.69) is 107 Å². The number of ether oxygens (including phenoxy) is 1. The van der Waals surface area contributed by atoms with E-state index in [0.29, 0.717) is 16.4 Å². The van der Waals surface area contributed by atoms with Crippen molar-refractivity contribution < 1.29 is 9.53 Å². The van der Waals surface area contributed by atoms with Gasteiger partial charge in [0.25, 0.3) is 0 Å². The molecule has 2 N–H and O–H groups in total. The molecule has 3 unspecified atom stereocenters. The number of benzene rings is 3. The molecule has 5 rings (SSSR count). The quantitative estimate of drug-likeness (QED) is 0.255. The highest BCUT2D eigenvalue weighted by Crippen LogP contribution is 2.46. The summed E-state index contributed by atoms with van der Waals surface area (Å²) in [5.74, 6) is 0.450. The standard InChI is InChI=1S/C31H37N7O2S/c1-36(2)24-11-5-8-21(16-24)28-15-14-27(19-29(28)22-9-6-12-25(17-22)37(3)4)40-20-30(39)32-23-10-7-13-26(18-23)38-31(41)33-34-35-38/h5-13,16-18,27-29H,14-15,19-20H2,1-4H3,(H,32,39)(H,33,35,41). The topological polar surface area (TPSA) is 91.3 Å². The Labute approximate surface area is 246 Å². The van der Waals surface area contributed by atoms with Crippen molar-refractivity contribution in [1.82, 2.24) is 20.2 Å². The summed E-state index contributed by atoms with van der Waals surface area (Å²) in [6.45, 7) is -0.00875. The number of aromatic nitrogens is 4. The molecule has 3 atom stereocenters. The highest BCUT2D eigenvalue weighted by molar-refractivity contribution is 7.71. The maximum Gasteiger partial charge on any atom is 0.250 e.